The number of fused-ring (bicyclic) bond motifs is 4. The monoisotopic (exact) mass is 575 g/mol. The second-order valence-corrected chi connectivity index (χ2v) is 11.0. The van der Waals surface area contributed by atoms with E-state index in [2.05, 4.69) is 22.5 Å². The van der Waals surface area contributed by atoms with Crippen LogP contribution in [0.25, 0.3) is 22.1 Å². The molecule has 0 aliphatic carbocycles. The number of hydrogen-bond acceptors (Lipinski definition) is 5. The number of carbonyl (C=O) groups is 1. The molecule has 1 atom stereocenters. The highest BCUT2D eigenvalue weighted by Gasteiger charge is 2.29. The van der Waals surface area contributed by atoms with Crippen molar-refractivity contribution in [2.24, 2.45) is 7.05 Å². The maximum Gasteiger partial charge on any atom is 0.335 e. The lowest BCUT2D eigenvalue weighted by Crippen LogP contribution is -2.37. The predicted octanol–water partition coefficient (Wildman–Crippen LogP) is 5.99. The van der Waals surface area contributed by atoms with Crippen molar-refractivity contribution in [2.45, 2.75) is 38.9 Å². The van der Waals surface area contributed by atoms with Crippen molar-refractivity contribution in [1.82, 2.24) is 24.0 Å². The zero-order chi connectivity index (χ0) is 28.7. The van der Waals surface area contributed by atoms with Crippen molar-refractivity contribution >= 4 is 39.6 Å². The molecule has 4 heterocycles. The van der Waals surface area contributed by atoms with Gasteiger partial charge in [0.2, 0.25) is 0 Å². The molecule has 0 spiro atoms. The van der Waals surface area contributed by atoms with E-state index in [1.54, 1.807) is 30.3 Å². The number of carboxylic acid groups (broad SMARTS) is 1. The largest absolute Gasteiger partial charge is 0.478 e. The van der Waals surface area contributed by atoms with E-state index in [-0.39, 0.29) is 17.4 Å². The Balaban J connectivity index is 0.000000697. The van der Waals surface area contributed by atoms with Crippen molar-refractivity contribution in [1.29, 1.82) is 0 Å². The summed E-state index contributed by atoms with van der Waals surface area (Å²) in [5.41, 5.74) is 5.33. The molecule has 10 heteroatoms. The quantitative estimate of drug-likeness (QED) is 0.277. The van der Waals surface area contributed by atoms with Gasteiger partial charge in [-0.15, -0.1) is 0 Å². The van der Waals surface area contributed by atoms with Gasteiger partial charge in [-0.05, 0) is 60.9 Å². The zero-order valence-corrected chi connectivity index (χ0v) is 23.7. The number of para-hydroxylation sites is 1. The molecule has 2 aromatic heterocycles. The highest BCUT2D eigenvalue weighted by molar-refractivity contribution is 6.30. The molecule has 0 bridgehead atoms. The number of rotatable bonds is 5. The van der Waals surface area contributed by atoms with Crippen LogP contribution >= 0.6 is 11.6 Å². The Morgan fingerprint density at radius 3 is 2.56 bits per heavy atom. The minimum atomic E-state index is -0.952. The van der Waals surface area contributed by atoms with E-state index in [1.807, 2.05) is 23.7 Å². The Bertz CT molecular complexity index is 1760. The summed E-state index contributed by atoms with van der Waals surface area (Å²) < 4.78 is 23.4. The molecule has 2 aliphatic heterocycles. The molecule has 41 heavy (non-hydrogen) atoms. The average Bonchev–Trinajstić information content (AvgIpc) is 3.44. The summed E-state index contributed by atoms with van der Waals surface area (Å²) in [6.07, 6.45) is 1.72. The average molecular weight is 576 g/mol. The van der Waals surface area contributed by atoms with Gasteiger partial charge in [-0.2, -0.15) is 0 Å². The fraction of sp³-hybridized carbons (Fsp3) is 0.323. The Morgan fingerprint density at radius 2 is 1.85 bits per heavy atom. The first-order chi connectivity index (χ1) is 19.8. The van der Waals surface area contributed by atoms with Crippen LogP contribution in [0.15, 0.2) is 54.6 Å². The SMILES string of the molecule is C1COC1.CC1c2nc3c(Cc4ccc(Cl)cc4F)cccc3n2CCN1Cc1nc2ccc(C(=O)O)cc2n1C. The molecule has 2 aliphatic rings. The van der Waals surface area contributed by atoms with Crippen LogP contribution in [0.5, 0.6) is 0 Å². The molecule has 1 N–H and O–H groups in total. The van der Waals surface area contributed by atoms with Gasteiger partial charge in [-0.25, -0.2) is 19.2 Å². The predicted molar refractivity (Wildman–Crippen MR) is 156 cm³/mol. The molecule has 0 saturated carbocycles. The molecule has 212 valence electrons. The van der Waals surface area contributed by atoms with Gasteiger partial charge in [0, 0.05) is 44.8 Å². The molecule has 5 aromatic rings. The van der Waals surface area contributed by atoms with Crippen molar-refractivity contribution in [3.63, 3.8) is 0 Å². The van der Waals surface area contributed by atoms with Gasteiger partial charge in [0.25, 0.3) is 0 Å². The summed E-state index contributed by atoms with van der Waals surface area (Å²) in [6.45, 7) is 6.35. The number of nitrogens with zero attached hydrogens (tertiary/aromatic N) is 5. The van der Waals surface area contributed by atoms with E-state index in [0.29, 0.717) is 23.6 Å². The maximum absolute atomic E-state index is 14.5. The Labute approximate surface area is 241 Å². The van der Waals surface area contributed by atoms with E-state index in [9.17, 15) is 14.3 Å². The third-order valence-electron chi connectivity index (χ3n) is 7.96. The molecule has 1 fully saturated rings. The molecule has 3 aromatic carbocycles. The van der Waals surface area contributed by atoms with E-state index in [0.717, 1.165) is 65.6 Å². The number of halogens is 2. The smallest absolute Gasteiger partial charge is 0.335 e. The summed E-state index contributed by atoms with van der Waals surface area (Å²) in [5, 5.41) is 9.73. The molecule has 0 amide bonds. The first-order valence-electron chi connectivity index (χ1n) is 13.7. The second-order valence-electron chi connectivity index (χ2n) is 10.5. The van der Waals surface area contributed by atoms with Crippen LogP contribution in [0, 0.1) is 5.82 Å². The number of ether oxygens (including phenoxy) is 1. The van der Waals surface area contributed by atoms with E-state index < -0.39 is 5.97 Å². The maximum atomic E-state index is 14.5. The van der Waals surface area contributed by atoms with Gasteiger partial charge in [0.05, 0.1) is 40.2 Å². The van der Waals surface area contributed by atoms with Gasteiger partial charge >= 0.3 is 5.97 Å². The van der Waals surface area contributed by atoms with Crippen LogP contribution in [-0.2, 0) is 31.3 Å². The molecule has 0 radical (unpaired) electrons. The van der Waals surface area contributed by atoms with Gasteiger partial charge in [0.1, 0.15) is 17.5 Å². The number of aromatic carboxylic acids is 1. The number of benzene rings is 3. The van der Waals surface area contributed by atoms with Crippen molar-refractivity contribution in [3.05, 3.63) is 93.8 Å². The van der Waals surface area contributed by atoms with Gasteiger partial charge < -0.3 is 19.0 Å². The summed E-state index contributed by atoms with van der Waals surface area (Å²) in [7, 11) is 1.92. The van der Waals surface area contributed by atoms with Crippen LogP contribution in [0.2, 0.25) is 5.02 Å². The molecular weight excluding hydrogens is 545 g/mol. The van der Waals surface area contributed by atoms with Crippen molar-refractivity contribution in [2.75, 3.05) is 19.8 Å². The van der Waals surface area contributed by atoms with Gasteiger partial charge in [-0.3, -0.25) is 4.90 Å². The normalized spacial score (nSPS) is 16.7. The highest BCUT2D eigenvalue weighted by Crippen LogP contribution is 2.32. The van der Waals surface area contributed by atoms with E-state index >= 15 is 0 Å². The molecule has 7 rings (SSSR count). The van der Waals surface area contributed by atoms with E-state index in [4.69, 9.17) is 26.3 Å². The lowest BCUT2D eigenvalue weighted by atomic mass is 10.0. The number of aryl methyl sites for hydroxylation is 1. The molecular formula is C31H31ClFN5O3. The first kappa shape index (κ1) is 27.4. The fourth-order valence-corrected chi connectivity index (χ4v) is 5.59. The summed E-state index contributed by atoms with van der Waals surface area (Å²) in [6, 6.07) is 15.9. The summed E-state index contributed by atoms with van der Waals surface area (Å²) >= 11 is 5.93. The number of carboxylic acids is 1. The van der Waals surface area contributed by atoms with Crippen molar-refractivity contribution < 1.29 is 19.0 Å². The van der Waals surface area contributed by atoms with Crippen LogP contribution in [0.1, 0.15) is 52.5 Å². The number of hydrogen-bond donors (Lipinski definition) is 1. The van der Waals surface area contributed by atoms with Crippen LogP contribution < -0.4 is 0 Å². The Kier molecular flexibility index (Phi) is 7.50. The standard InChI is InChI=1S/C28H25ClFN5O2.C3H6O/c1-16-27-32-26-18(12-17-6-8-20(29)14-21(17)30)4-3-5-23(26)35(27)11-10-34(16)15-25-31-22-9-7-19(28(36)37)13-24(22)33(25)2;1-2-4-3-1/h3-9,13-14,16H,10-12,15H2,1-2H3,(H,36,37);1-3H2. The topological polar surface area (TPSA) is 85.4 Å². The summed E-state index contributed by atoms with van der Waals surface area (Å²) in [5.74, 6) is 0.572. The lowest BCUT2D eigenvalue weighted by Gasteiger charge is -2.33. The van der Waals surface area contributed by atoms with Crippen LogP contribution in [-0.4, -0.2) is 54.8 Å². The number of aromatic nitrogens is 4. The van der Waals surface area contributed by atoms with Gasteiger partial charge in [-0.1, -0.05) is 29.8 Å². The lowest BCUT2D eigenvalue weighted by molar-refractivity contribution is 0.0367. The Hall–Kier alpha value is -3.79. The fourth-order valence-electron chi connectivity index (χ4n) is 5.43. The van der Waals surface area contributed by atoms with Gasteiger partial charge in [0.15, 0.2) is 0 Å². The molecule has 1 unspecified atom stereocenters. The summed E-state index contributed by atoms with van der Waals surface area (Å²) in [4.78, 5) is 23.5. The molecule has 8 nitrogen and oxygen atoms in total. The minimum absolute atomic E-state index is 0.0376. The van der Waals surface area contributed by atoms with Crippen molar-refractivity contribution in [3.8, 4) is 0 Å². The Morgan fingerprint density at radius 1 is 1.07 bits per heavy atom. The number of imidazole rings is 2. The highest BCUT2D eigenvalue weighted by atomic mass is 35.5. The third-order valence-corrected chi connectivity index (χ3v) is 8.20. The zero-order valence-electron chi connectivity index (χ0n) is 23.0. The third kappa shape index (κ3) is 5.32. The molecule has 1 saturated heterocycles. The first-order valence-corrected chi connectivity index (χ1v) is 14.1. The van der Waals surface area contributed by atoms with Crippen LogP contribution in [0.4, 0.5) is 4.39 Å². The minimum Gasteiger partial charge on any atom is -0.478 e. The van der Waals surface area contributed by atoms with E-state index in [1.165, 1.54) is 12.5 Å². The van der Waals surface area contributed by atoms with Crippen LogP contribution in [0.3, 0.4) is 0 Å². The second kappa shape index (κ2) is 11.2.